The summed E-state index contributed by atoms with van der Waals surface area (Å²) in [6.45, 7) is 0.552. The second-order valence-corrected chi connectivity index (χ2v) is 8.12. The molecule has 0 radical (unpaired) electrons. The van der Waals surface area contributed by atoms with Crippen molar-refractivity contribution in [3.05, 3.63) is 96.6 Å². The van der Waals surface area contributed by atoms with Crippen molar-refractivity contribution >= 4 is 23.5 Å². The molecule has 0 fully saturated rings. The lowest BCUT2D eigenvalue weighted by Crippen LogP contribution is -2.17. The third kappa shape index (κ3) is 5.36. The summed E-state index contributed by atoms with van der Waals surface area (Å²) < 4.78 is 20.5. The van der Waals surface area contributed by atoms with Crippen LogP contribution >= 0.6 is 11.8 Å². The number of nitrogens with zero attached hydrogens (tertiary/aromatic N) is 2. The van der Waals surface area contributed by atoms with Crippen LogP contribution in [0.5, 0.6) is 5.75 Å². The molecule has 1 heterocycles. The van der Waals surface area contributed by atoms with Gasteiger partial charge in [-0.3, -0.25) is 4.79 Å². The van der Waals surface area contributed by atoms with Crippen molar-refractivity contribution in [1.82, 2.24) is 9.55 Å². The van der Waals surface area contributed by atoms with E-state index in [1.807, 2.05) is 59.2 Å². The van der Waals surface area contributed by atoms with Crippen molar-refractivity contribution in [2.75, 3.05) is 18.2 Å². The number of ether oxygens (including phenoxy) is 1. The van der Waals surface area contributed by atoms with Gasteiger partial charge in [0.2, 0.25) is 5.91 Å². The highest BCUT2D eigenvalue weighted by Crippen LogP contribution is 2.28. The lowest BCUT2D eigenvalue weighted by Gasteiger charge is -2.12. The van der Waals surface area contributed by atoms with Crippen LogP contribution in [-0.2, 0) is 11.3 Å². The molecule has 3 aromatic carbocycles. The van der Waals surface area contributed by atoms with Crippen molar-refractivity contribution < 1.29 is 13.9 Å². The fraction of sp³-hybridized carbons (Fsp3) is 0.120. The van der Waals surface area contributed by atoms with Crippen molar-refractivity contribution in [3.8, 4) is 17.0 Å². The van der Waals surface area contributed by atoms with Crippen molar-refractivity contribution in [3.63, 3.8) is 0 Å². The molecule has 0 spiro atoms. The molecule has 0 bridgehead atoms. The summed E-state index contributed by atoms with van der Waals surface area (Å²) in [5, 5.41) is 3.01. The molecule has 0 aliphatic carbocycles. The molecular formula is C25H22FN3O2S. The van der Waals surface area contributed by atoms with Crippen molar-refractivity contribution in [2.24, 2.45) is 0 Å². The van der Waals surface area contributed by atoms with Gasteiger partial charge in [0.15, 0.2) is 0 Å². The Kier molecular flexibility index (Phi) is 6.87. The summed E-state index contributed by atoms with van der Waals surface area (Å²) in [6.07, 6.45) is 1.69. The summed E-state index contributed by atoms with van der Waals surface area (Å²) in [4.78, 5) is 18.3. The molecule has 0 saturated heterocycles. The number of methoxy groups -OCH3 is 1. The molecule has 0 saturated carbocycles. The minimum atomic E-state index is -0.320. The molecule has 4 rings (SSSR count). The van der Waals surface area contributed by atoms with Crippen LogP contribution < -0.4 is 10.1 Å². The first-order valence-electron chi connectivity index (χ1n) is 10.0. The summed E-state index contributed by atoms with van der Waals surface area (Å²) in [7, 11) is 1.62. The lowest BCUT2D eigenvalue weighted by molar-refractivity contribution is -0.113. The minimum absolute atomic E-state index is 0.149. The first-order valence-corrected chi connectivity index (χ1v) is 11.0. The lowest BCUT2D eigenvalue weighted by atomic mass is 10.1. The Morgan fingerprint density at radius 1 is 1.03 bits per heavy atom. The average molecular weight is 448 g/mol. The van der Waals surface area contributed by atoms with Gasteiger partial charge in [0.05, 0.1) is 25.7 Å². The Balaban J connectivity index is 1.54. The highest BCUT2D eigenvalue weighted by Gasteiger charge is 2.16. The monoisotopic (exact) mass is 447 g/mol. The Labute approximate surface area is 190 Å². The van der Waals surface area contributed by atoms with Crippen molar-refractivity contribution in [1.29, 1.82) is 0 Å². The highest BCUT2D eigenvalue weighted by molar-refractivity contribution is 8.00. The Hall–Kier alpha value is -3.58. The van der Waals surface area contributed by atoms with E-state index < -0.39 is 0 Å². The Morgan fingerprint density at radius 3 is 2.44 bits per heavy atom. The number of rotatable bonds is 8. The van der Waals surface area contributed by atoms with Crippen LogP contribution in [0.25, 0.3) is 11.3 Å². The third-order valence-corrected chi connectivity index (χ3v) is 5.85. The molecular weight excluding hydrogens is 425 g/mol. The number of amides is 1. The molecule has 7 heteroatoms. The number of carbonyl (C=O) groups excluding carboxylic acids is 1. The van der Waals surface area contributed by atoms with E-state index in [4.69, 9.17) is 4.74 Å². The van der Waals surface area contributed by atoms with Gasteiger partial charge in [-0.1, -0.05) is 30.3 Å². The molecule has 5 nitrogen and oxygen atoms in total. The molecule has 0 aliphatic rings. The number of hydrogen-bond donors (Lipinski definition) is 1. The summed E-state index contributed by atoms with van der Waals surface area (Å²) in [5.41, 5.74) is 2.42. The maximum Gasteiger partial charge on any atom is 0.235 e. The van der Waals surface area contributed by atoms with Gasteiger partial charge in [0.1, 0.15) is 23.1 Å². The van der Waals surface area contributed by atoms with E-state index in [-0.39, 0.29) is 17.5 Å². The third-order valence-electron chi connectivity index (χ3n) is 4.84. The fourth-order valence-corrected chi connectivity index (χ4v) is 3.92. The molecule has 1 N–H and O–H groups in total. The molecule has 32 heavy (non-hydrogen) atoms. The quantitative estimate of drug-likeness (QED) is 0.364. The van der Waals surface area contributed by atoms with Crippen LogP contribution in [0, 0.1) is 5.82 Å². The number of aromatic nitrogens is 2. The smallest absolute Gasteiger partial charge is 0.235 e. The second-order valence-electron chi connectivity index (χ2n) is 7.07. The van der Waals surface area contributed by atoms with E-state index in [1.54, 1.807) is 25.6 Å². The summed E-state index contributed by atoms with van der Waals surface area (Å²) in [6, 6.07) is 23.6. The van der Waals surface area contributed by atoms with E-state index in [0.717, 1.165) is 21.8 Å². The number of anilines is 1. The maximum absolute atomic E-state index is 13.4. The van der Waals surface area contributed by atoms with Crippen molar-refractivity contribution in [2.45, 2.75) is 11.4 Å². The zero-order valence-corrected chi connectivity index (χ0v) is 18.3. The highest BCUT2D eigenvalue weighted by atomic mass is 32.2. The van der Waals surface area contributed by atoms with Gasteiger partial charge in [-0.15, -0.1) is 11.8 Å². The van der Waals surface area contributed by atoms with E-state index in [1.165, 1.54) is 23.9 Å². The van der Waals surface area contributed by atoms with Crippen LogP contribution in [0.4, 0.5) is 10.2 Å². The van der Waals surface area contributed by atoms with Crippen LogP contribution in [0.15, 0.2) is 90.1 Å². The molecule has 1 amide bonds. The number of halogens is 1. The maximum atomic E-state index is 13.4. The number of imidazole rings is 1. The number of carbonyl (C=O) groups is 1. The van der Waals surface area contributed by atoms with E-state index in [2.05, 4.69) is 10.3 Å². The van der Waals surface area contributed by atoms with Gasteiger partial charge in [-0.25, -0.2) is 9.37 Å². The number of hydrogen-bond acceptors (Lipinski definition) is 4. The van der Waals surface area contributed by atoms with Crippen LogP contribution in [0.3, 0.4) is 0 Å². The zero-order chi connectivity index (χ0) is 22.3. The molecule has 0 aliphatic heterocycles. The predicted molar refractivity (Wildman–Crippen MR) is 126 cm³/mol. The van der Waals surface area contributed by atoms with Gasteiger partial charge in [-0.2, -0.15) is 0 Å². The topological polar surface area (TPSA) is 56.1 Å². The molecule has 0 unspecified atom stereocenters. The van der Waals surface area contributed by atoms with Crippen LogP contribution in [0.1, 0.15) is 5.56 Å². The largest absolute Gasteiger partial charge is 0.497 e. The van der Waals surface area contributed by atoms with Crippen LogP contribution in [-0.4, -0.2) is 28.3 Å². The fourth-order valence-electron chi connectivity index (χ4n) is 3.22. The standard InChI is InChI=1S/C25H22FN3O2S/c1-31-21-11-13-22(14-12-21)32-16-23(30)28-25-24(19-7-9-20(26)10-8-19)27-17-29(25)15-18-5-3-2-4-6-18/h2-14,17H,15-16H2,1H3,(H,28,30). The van der Waals surface area contributed by atoms with Gasteiger partial charge in [0.25, 0.3) is 0 Å². The molecule has 0 atom stereocenters. The molecule has 162 valence electrons. The van der Waals surface area contributed by atoms with E-state index in [9.17, 15) is 9.18 Å². The predicted octanol–water partition coefficient (Wildman–Crippen LogP) is 5.48. The number of benzene rings is 3. The Morgan fingerprint density at radius 2 is 1.75 bits per heavy atom. The van der Waals surface area contributed by atoms with Gasteiger partial charge in [-0.05, 0) is 54.1 Å². The number of thioether (sulfide) groups is 1. The van der Waals surface area contributed by atoms with Crippen LogP contribution in [0.2, 0.25) is 0 Å². The zero-order valence-electron chi connectivity index (χ0n) is 17.5. The Bertz CT molecular complexity index is 1180. The van der Waals surface area contributed by atoms with E-state index in [0.29, 0.717) is 18.1 Å². The first-order chi connectivity index (χ1) is 15.6. The molecule has 4 aromatic rings. The SMILES string of the molecule is COc1ccc(SCC(=O)Nc2c(-c3ccc(F)cc3)ncn2Cc2ccccc2)cc1. The van der Waals surface area contributed by atoms with Gasteiger partial charge >= 0.3 is 0 Å². The summed E-state index contributed by atoms with van der Waals surface area (Å²) >= 11 is 1.44. The average Bonchev–Trinajstić information content (AvgIpc) is 3.21. The first kappa shape index (κ1) is 21.6. The number of nitrogens with one attached hydrogen (secondary N) is 1. The minimum Gasteiger partial charge on any atom is -0.497 e. The van der Waals surface area contributed by atoms with Gasteiger partial charge < -0.3 is 14.6 Å². The normalized spacial score (nSPS) is 10.7. The summed E-state index contributed by atoms with van der Waals surface area (Å²) in [5.74, 6) is 1.13. The van der Waals surface area contributed by atoms with E-state index >= 15 is 0 Å². The molecule has 1 aromatic heterocycles. The second kappa shape index (κ2) is 10.2. The van der Waals surface area contributed by atoms with Gasteiger partial charge in [0, 0.05) is 10.5 Å².